The van der Waals surface area contributed by atoms with Crippen LogP contribution < -0.4 is 5.32 Å². The summed E-state index contributed by atoms with van der Waals surface area (Å²) < 4.78 is 2.03. The van der Waals surface area contributed by atoms with Crippen molar-refractivity contribution in [3.63, 3.8) is 0 Å². The summed E-state index contributed by atoms with van der Waals surface area (Å²) in [6, 6.07) is 4.98. The molecule has 0 bridgehead atoms. The SMILES string of the molecule is Cc1cnn(CCNC(c2cccs2)C2CCCC2)c1. The van der Waals surface area contributed by atoms with Crippen molar-refractivity contribution in [2.24, 2.45) is 5.92 Å². The van der Waals surface area contributed by atoms with Crippen molar-refractivity contribution >= 4 is 11.3 Å². The fraction of sp³-hybridized carbons (Fsp3) is 0.562. The van der Waals surface area contributed by atoms with Crippen LogP contribution in [0.5, 0.6) is 0 Å². The molecule has 0 spiro atoms. The van der Waals surface area contributed by atoms with E-state index in [-0.39, 0.29) is 0 Å². The number of aromatic nitrogens is 2. The minimum atomic E-state index is 0.536. The molecule has 0 radical (unpaired) electrons. The molecule has 2 aromatic rings. The van der Waals surface area contributed by atoms with E-state index < -0.39 is 0 Å². The van der Waals surface area contributed by atoms with E-state index in [1.54, 1.807) is 0 Å². The van der Waals surface area contributed by atoms with Crippen LogP contribution in [0.1, 0.15) is 42.2 Å². The van der Waals surface area contributed by atoms with E-state index in [0.717, 1.165) is 19.0 Å². The number of hydrogen-bond acceptors (Lipinski definition) is 3. The Morgan fingerprint density at radius 2 is 2.30 bits per heavy atom. The summed E-state index contributed by atoms with van der Waals surface area (Å²) in [6.07, 6.45) is 9.57. The molecule has 1 atom stereocenters. The van der Waals surface area contributed by atoms with E-state index in [9.17, 15) is 0 Å². The quantitative estimate of drug-likeness (QED) is 0.877. The molecule has 1 N–H and O–H groups in total. The third-order valence-electron chi connectivity index (χ3n) is 4.19. The molecule has 0 aliphatic heterocycles. The second kappa shape index (κ2) is 6.55. The van der Waals surface area contributed by atoms with Crippen molar-refractivity contribution in [2.45, 2.75) is 45.2 Å². The van der Waals surface area contributed by atoms with Gasteiger partial charge in [-0.15, -0.1) is 11.3 Å². The fourth-order valence-electron chi connectivity index (χ4n) is 3.18. The Bertz CT molecular complexity index is 512. The molecule has 1 aliphatic rings. The molecule has 0 aromatic carbocycles. The highest BCUT2D eigenvalue weighted by atomic mass is 32.1. The molecule has 4 heteroatoms. The van der Waals surface area contributed by atoms with Gasteiger partial charge < -0.3 is 5.32 Å². The lowest BCUT2D eigenvalue weighted by Crippen LogP contribution is -2.29. The Kier molecular flexibility index (Phi) is 4.53. The van der Waals surface area contributed by atoms with Crippen LogP contribution in [-0.2, 0) is 6.54 Å². The molecule has 1 unspecified atom stereocenters. The third-order valence-corrected chi connectivity index (χ3v) is 5.14. The molecule has 1 saturated carbocycles. The highest BCUT2D eigenvalue weighted by Gasteiger charge is 2.26. The first-order valence-electron chi connectivity index (χ1n) is 7.59. The molecule has 0 saturated heterocycles. The van der Waals surface area contributed by atoms with E-state index in [1.165, 1.54) is 36.1 Å². The van der Waals surface area contributed by atoms with Gasteiger partial charge in [-0.3, -0.25) is 4.68 Å². The third kappa shape index (κ3) is 3.30. The van der Waals surface area contributed by atoms with E-state index in [2.05, 4.69) is 41.0 Å². The highest BCUT2D eigenvalue weighted by molar-refractivity contribution is 7.10. The molecule has 1 fully saturated rings. The summed E-state index contributed by atoms with van der Waals surface area (Å²) in [6.45, 7) is 4.02. The van der Waals surface area contributed by atoms with Crippen molar-refractivity contribution in [1.82, 2.24) is 15.1 Å². The van der Waals surface area contributed by atoms with Crippen LogP contribution in [0.3, 0.4) is 0 Å². The summed E-state index contributed by atoms with van der Waals surface area (Å²) in [7, 11) is 0. The summed E-state index contributed by atoms with van der Waals surface area (Å²) in [5, 5.41) is 10.3. The fourth-order valence-corrected chi connectivity index (χ4v) is 4.08. The monoisotopic (exact) mass is 289 g/mol. The lowest BCUT2D eigenvalue weighted by Gasteiger charge is -2.24. The Balaban J connectivity index is 1.58. The predicted molar refractivity (Wildman–Crippen MR) is 84.0 cm³/mol. The second-order valence-electron chi connectivity index (χ2n) is 5.77. The maximum atomic E-state index is 4.35. The van der Waals surface area contributed by atoms with Crippen molar-refractivity contribution in [3.8, 4) is 0 Å². The smallest absolute Gasteiger partial charge is 0.0534 e. The number of nitrogens with zero attached hydrogens (tertiary/aromatic N) is 2. The Labute approximate surface area is 125 Å². The summed E-state index contributed by atoms with van der Waals surface area (Å²) >= 11 is 1.88. The van der Waals surface area contributed by atoms with Crippen molar-refractivity contribution in [1.29, 1.82) is 0 Å². The molecule has 0 amide bonds. The van der Waals surface area contributed by atoms with Crippen LogP contribution in [-0.4, -0.2) is 16.3 Å². The van der Waals surface area contributed by atoms with Gasteiger partial charge in [-0.2, -0.15) is 5.10 Å². The number of thiophene rings is 1. The van der Waals surface area contributed by atoms with Gasteiger partial charge in [-0.05, 0) is 42.7 Å². The number of aryl methyl sites for hydroxylation is 1. The van der Waals surface area contributed by atoms with Crippen LogP contribution in [0.2, 0.25) is 0 Å². The van der Waals surface area contributed by atoms with Crippen molar-refractivity contribution in [2.75, 3.05) is 6.54 Å². The molecule has 108 valence electrons. The van der Waals surface area contributed by atoms with E-state index in [4.69, 9.17) is 0 Å². The van der Waals surface area contributed by atoms with Gasteiger partial charge in [-0.25, -0.2) is 0 Å². The second-order valence-corrected chi connectivity index (χ2v) is 6.75. The van der Waals surface area contributed by atoms with Gasteiger partial charge >= 0.3 is 0 Å². The largest absolute Gasteiger partial charge is 0.307 e. The molecule has 2 heterocycles. The van der Waals surface area contributed by atoms with E-state index in [1.807, 2.05) is 22.2 Å². The van der Waals surface area contributed by atoms with Crippen molar-refractivity contribution < 1.29 is 0 Å². The summed E-state index contributed by atoms with van der Waals surface area (Å²) in [4.78, 5) is 1.49. The van der Waals surface area contributed by atoms with E-state index in [0.29, 0.717) is 6.04 Å². The van der Waals surface area contributed by atoms with Crippen LogP contribution in [0.15, 0.2) is 29.9 Å². The first kappa shape index (κ1) is 13.8. The predicted octanol–water partition coefficient (Wildman–Crippen LogP) is 3.77. The van der Waals surface area contributed by atoms with E-state index >= 15 is 0 Å². The van der Waals surface area contributed by atoms with Gasteiger partial charge in [0.05, 0.1) is 12.7 Å². The number of nitrogens with one attached hydrogen (secondary N) is 1. The minimum absolute atomic E-state index is 0.536. The Morgan fingerprint density at radius 3 is 2.95 bits per heavy atom. The van der Waals surface area contributed by atoms with Gasteiger partial charge in [0, 0.05) is 23.7 Å². The number of rotatable bonds is 6. The minimum Gasteiger partial charge on any atom is -0.307 e. The van der Waals surface area contributed by atoms with Crippen LogP contribution in [0, 0.1) is 12.8 Å². The van der Waals surface area contributed by atoms with Crippen molar-refractivity contribution in [3.05, 3.63) is 40.3 Å². The molecule has 3 nitrogen and oxygen atoms in total. The zero-order valence-electron chi connectivity index (χ0n) is 12.1. The molecule has 3 rings (SSSR count). The molecular weight excluding hydrogens is 266 g/mol. The van der Waals surface area contributed by atoms with Crippen LogP contribution >= 0.6 is 11.3 Å². The van der Waals surface area contributed by atoms with Crippen LogP contribution in [0.25, 0.3) is 0 Å². The zero-order chi connectivity index (χ0) is 13.8. The average Bonchev–Trinajstić information content (AvgIpc) is 3.18. The summed E-state index contributed by atoms with van der Waals surface area (Å²) in [5.74, 6) is 0.813. The first-order valence-corrected chi connectivity index (χ1v) is 8.47. The maximum Gasteiger partial charge on any atom is 0.0534 e. The normalized spacial score (nSPS) is 17.6. The molecule has 2 aromatic heterocycles. The van der Waals surface area contributed by atoms with Gasteiger partial charge in [0.25, 0.3) is 0 Å². The van der Waals surface area contributed by atoms with Gasteiger partial charge in [0.15, 0.2) is 0 Å². The number of hydrogen-bond donors (Lipinski definition) is 1. The van der Waals surface area contributed by atoms with Gasteiger partial charge in [0.2, 0.25) is 0 Å². The Morgan fingerprint density at radius 1 is 1.45 bits per heavy atom. The van der Waals surface area contributed by atoms with Gasteiger partial charge in [-0.1, -0.05) is 18.9 Å². The standard InChI is InChI=1S/C16H23N3S/c1-13-11-18-19(12-13)9-8-17-16(14-5-2-3-6-14)15-7-4-10-20-15/h4,7,10-12,14,16-17H,2-3,5-6,8-9H2,1H3. The lowest BCUT2D eigenvalue weighted by molar-refractivity contribution is 0.362. The maximum absolute atomic E-state index is 4.35. The molecule has 20 heavy (non-hydrogen) atoms. The van der Waals surface area contributed by atoms with Crippen LogP contribution in [0.4, 0.5) is 0 Å². The highest BCUT2D eigenvalue weighted by Crippen LogP contribution is 2.37. The summed E-state index contributed by atoms with van der Waals surface area (Å²) in [5.41, 5.74) is 1.23. The Hall–Kier alpha value is -1.13. The zero-order valence-corrected chi connectivity index (χ0v) is 12.9. The topological polar surface area (TPSA) is 29.9 Å². The lowest BCUT2D eigenvalue weighted by atomic mass is 9.97. The molecule has 1 aliphatic carbocycles. The molecular formula is C16H23N3S. The van der Waals surface area contributed by atoms with Gasteiger partial charge in [0.1, 0.15) is 0 Å². The first-order chi connectivity index (χ1) is 9.83. The average molecular weight is 289 g/mol.